The first-order chi connectivity index (χ1) is 10.2. The maximum Gasteiger partial charge on any atom is 0.263 e. The predicted molar refractivity (Wildman–Crippen MR) is 88.0 cm³/mol. The fraction of sp³-hybridized carbons (Fsp3) is 0.200. The van der Waals surface area contributed by atoms with Crippen molar-refractivity contribution in [3.63, 3.8) is 0 Å². The maximum atomic E-state index is 12.4. The molecule has 0 spiro atoms. The molecule has 0 bridgehead atoms. The molecule has 0 aliphatic carbocycles. The quantitative estimate of drug-likeness (QED) is 0.750. The minimum atomic E-state index is -0.0297. The van der Waals surface area contributed by atoms with Gasteiger partial charge in [0.2, 0.25) is 0 Å². The van der Waals surface area contributed by atoms with Gasteiger partial charge >= 0.3 is 0 Å². The van der Waals surface area contributed by atoms with Crippen molar-refractivity contribution >= 4 is 33.8 Å². The van der Waals surface area contributed by atoms with Crippen molar-refractivity contribution in [2.45, 2.75) is 13.0 Å². The molecule has 4 nitrogen and oxygen atoms in total. The molecule has 0 aliphatic rings. The molecule has 0 aliphatic heterocycles. The summed E-state index contributed by atoms with van der Waals surface area (Å²) in [5, 5.41) is 2.59. The number of ether oxygens (including phenoxy) is 1. The van der Waals surface area contributed by atoms with Gasteiger partial charge < -0.3 is 9.72 Å². The molecule has 1 aromatic carbocycles. The first kappa shape index (κ1) is 14.0. The number of nitrogens with one attached hydrogen (secondary N) is 1. The number of aryl methyl sites for hydroxylation is 1. The van der Waals surface area contributed by atoms with Crippen molar-refractivity contribution < 1.29 is 4.74 Å². The number of aromatic amines is 1. The Bertz CT molecular complexity index is 892. The van der Waals surface area contributed by atoms with Crippen molar-refractivity contribution in [2.24, 2.45) is 0 Å². The maximum absolute atomic E-state index is 12.4. The molecule has 1 N–H and O–H groups in total. The number of thiophene rings is 1. The SMILES string of the molecule is COc1cccc(CCn2c(=S)[nH]c3sccc3c2=O)c1. The summed E-state index contributed by atoms with van der Waals surface area (Å²) < 4.78 is 7.29. The van der Waals surface area contributed by atoms with Gasteiger partial charge in [0.1, 0.15) is 10.6 Å². The number of aromatic nitrogens is 2. The third kappa shape index (κ3) is 2.77. The lowest BCUT2D eigenvalue weighted by molar-refractivity contribution is 0.414. The molecule has 0 atom stereocenters. The highest BCUT2D eigenvalue weighted by Crippen LogP contribution is 2.15. The minimum absolute atomic E-state index is 0.0297. The van der Waals surface area contributed by atoms with Crippen LogP contribution in [0.5, 0.6) is 5.75 Å². The van der Waals surface area contributed by atoms with Crippen LogP contribution in [0, 0.1) is 4.77 Å². The van der Waals surface area contributed by atoms with Gasteiger partial charge in [0.05, 0.1) is 12.5 Å². The van der Waals surface area contributed by atoms with Gasteiger partial charge in [0.15, 0.2) is 4.77 Å². The molecule has 2 heterocycles. The number of nitrogens with zero attached hydrogens (tertiary/aromatic N) is 1. The van der Waals surface area contributed by atoms with Crippen molar-refractivity contribution in [3.8, 4) is 5.75 Å². The van der Waals surface area contributed by atoms with Crippen molar-refractivity contribution in [3.05, 3.63) is 56.4 Å². The first-order valence-corrected chi connectivity index (χ1v) is 7.81. The van der Waals surface area contributed by atoms with E-state index in [-0.39, 0.29) is 5.56 Å². The average molecular weight is 318 g/mol. The van der Waals surface area contributed by atoms with E-state index in [1.807, 2.05) is 35.7 Å². The Balaban J connectivity index is 1.91. The number of H-pyrrole nitrogens is 1. The molecule has 3 aromatic rings. The topological polar surface area (TPSA) is 47.0 Å². The number of hydrogen-bond donors (Lipinski definition) is 1. The third-order valence-electron chi connectivity index (χ3n) is 3.36. The van der Waals surface area contributed by atoms with Crippen molar-refractivity contribution in [1.29, 1.82) is 0 Å². The Morgan fingerprint density at radius 1 is 1.38 bits per heavy atom. The summed E-state index contributed by atoms with van der Waals surface area (Å²) in [6, 6.07) is 9.67. The van der Waals surface area contributed by atoms with Crippen molar-refractivity contribution in [2.75, 3.05) is 7.11 Å². The number of methoxy groups -OCH3 is 1. The largest absolute Gasteiger partial charge is 0.497 e. The van der Waals surface area contributed by atoms with Gasteiger partial charge in [-0.25, -0.2) is 0 Å². The highest BCUT2D eigenvalue weighted by molar-refractivity contribution is 7.71. The molecule has 3 rings (SSSR count). The molecule has 0 amide bonds. The summed E-state index contributed by atoms with van der Waals surface area (Å²) in [5.41, 5.74) is 1.08. The van der Waals surface area contributed by atoms with E-state index in [2.05, 4.69) is 4.98 Å². The monoisotopic (exact) mass is 318 g/mol. The molecule has 0 unspecified atom stereocenters. The molecule has 0 saturated heterocycles. The summed E-state index contributed by atoms with van der Waals surface area (Å²) in [7, 11) is 1.64. The predicted octanol–water partition coefficient (Wildman–Crippen LogP) is 3.37. The lowest BCUT2D eigenvalue weighted by Gasteiger charge is -2.07. The lowest BCUT2D eigenvalue weighted by atomic mass is 10.1. The Kier molecular flexibility index (Phi) is 3.90. The zero-order chi connectivity index (χ0) is 14.8. The molecule has 6 heteroatoms. The van der Waals surface area contributed by atoms with E-state index in [9.17, 15) is 4.79 Å². The lowest BCUT2D eigenvalue weighted by Crippen LogP contribution is -2.22. The Labute approximate surface area is 130 Å². The number of benzene rings is 1. The van der Waals surface area contributed by atoms with Crippen LogP contribution in [0.4, 0.5) is 0 Å². The van der Waals surface area contributed by atoms with E-state index in [0.717, 1.165) is 22.6 Å². The number of fused-ring (bicyclic) bond motifs is 1. The molecule has 0 saturated carbocycles. The van der Waals surface area contributed by atoms with Crippen LogP contribution >= 0.6 is 23.6 Å². The van der Waals surface area contributed by atoms with E-state index in [0.29, 0.717) is 16.7 Å². The highest BCUT2D eigenvalue weighted by atomic mass is 32.1. The van der Waals surface area contributed by atoms with E-state index >= 15 is 0 Å². The van der Waals surface area contributed by atoms with Crippen LogP contribution < -0.4 is 10.3 Å². The fourth-order valence-corrected chi connectivity index (χ4v) is 3.37. The molecule has 21 heavy (non-hydrogen) atoms. The van der Waals surface area contributed by atoms with Gasteiger partial charge in [0.25, 0.3) is 5.56 Å². The molecule has 108 valence electrons. The van der Waals surface area contributed by atoms with Crippen LogP contribution in [0.1, 0.15) is 5.56 Å². The summed E-state index contributed by atoms with van der Waals surface area (Å²) in [6.07, 6.45) is 0.726. The third-order valence-corrected chi connectivity index (χ3v) is 4.52. The Morgan fingerprint density at radius 2 is 2.24 bits per heavy atom. The van der Waals surface area contributed by atoms with E-state index in [1.165, 1.54) is 11.3 Å². The summed E-state index contributed by atoms with van der Waals surface area (Å²) >= 11 is 6.78. The van der Waals surface area contributed by atoms with Crippen LogP contribution in [-0.4, -0.2) is 16.7 Å². The van der Waals surface area contributed by atoms with Crippen LogP contribution in [-0.2, 0) is 13.0 Å². The average Bonchev–Trinajstić information content (AvgIpc) is 2.95. The standard InChI is InChI=1S/C15H14N2O2S2/c1-19-11-4-2-3-10(9-11)5-7-17-14(18)12-6-8-21-13(12)16-15(17)20/h2-4,6,8-9H,5,7H2,1H3,(H,16,20). The van der Waals surface area contributed by atoms with Crippen LogP contribution in [0.2, 0.25) is 0 Å². The van der Waals surface area contributed by atoms with Crippen LogP contribution in [0.25, 0.3) is 10.2 Å². The molecule has 0 fully saturated rings. The normalized spacial score (nSPS) is 10.9. The van der Waals surface area contributed by atoms with Gasteiger partial charge in [-0.1, -0.05) is 12.1 Å². The van der Waals surface area contributed by atoms with Crippen LogP contribution in [0.3, 0.4) is 0 Å². The minimum Gasteiger partial charge on any atom is -0.497 e. The smallest absolute Gasteiger partial charge is 0.263 e. The van der Waals surface area contributed by atoms with Crippen molar-refractivity contribution in [1.82, 2.24) is 9.55 Å². The van der Waals surface area contributed by atoms with E-state index < -0.39 is 0 Å². The first-order valence-electron chi connectivity index (χ1n) is 6.52. The number of rotatable bonds is 4. The highest BCUT2D eigenvalue weighted by Gasteiger charge is 2.06. The zero-order valence-electron chi connectivity index (χ0n) is 11.5. The summed E-state index contributed by atoms with van der Waals surface area (Å²) in [6.45, 7) is 0.549. The molecule has 2 aromatic heterocycles. The van der Waals surface area contributed by atoms with Gasteiger partial charge in [0, 0.05) is 6.54 Å². The number of hydrogen-bond acceptors (Lipinski definition) is 4. The van der Waals surface area contributed by atoms with Gasteiger partial charge in [-0.15, -0.1) is 11.3 Å². The fourth-order valence-electron chi connectivity index (χ4n) is 2.25. The van der Waals surface area contributed by atoms with E-state index in [4.69, 9.17) is 17.0 Å². The zero-order valence-corrected chi connectivity index (χ0v) is 13.1. The van der Waals surface area contributed by atoms with Crippen LogP contribution in [0.15, 0.2) is 40.5 Å². The second-order valence-corrected chi connectivity index (χ2v) is 5.95. The second-order valence-electron chi connectivity index (χ2n) is 4.65. The Hall–Kier alpha value is -1.92. The van der Waals surface area contributed by atoms with Gasteiger partial charge in [-0.3, -0.25) is 9.36 Å². The molecular formula is C15H14N2O2S2. The van der Waals surface area contributed by atoms with Gasteiger partial charge in [-0.2, -0.15) is 0 Å². The summed E-state index contributed by atoms with van der Waals surface area (Å²) in [4.78, 5) is 16.4. The molecular weight excluding hydrogens is 304 g/mol. The second kappa shape index (κ2) is 5.83. The van der Waals surface area contributed by atoms with Gasteiger partial charge in [-0.05, 0) is 47.8 Å². The molecule has 0 radical (unpaired) electrons. The van der Waals surface area contributed by atoms with E-state index in [1.54, 1.807) is 11.7 Å². The Morgan fingerprint density at radius 3 is 3.05 bits per heavy atom. The summed E-state index contributed by atoms with van der Waals surface area (Å²) in [5.74, 6) is 0.818.